The van der Waals surface area contributed by atoms with Gasteiger partial charge >= 0.3 is 5.97 Å². The van der Waals surface area contributed by atoms with Crippen molar-refractivity contribution >= 4 is 11.9 Å². The maximum atomic E-state index is 12.7. The second kappa shape index (κ2) is 5.45. The fourth-order valence-corrected chi connectivity index (χ4v) is 5.64. The van der Waals surface area contributed by atoms with Gasteiger partial charge in [-0.1, -0.05) is 0 Å². The van der Waals surface area contributed by atoms with Gasteiger partial charge in [-0.05, 0) is 50.4 Å². The Labute approximate surface area is 136 Å². The van der Waals surface area contributed by atoms with Gasteiger partial charge in [0.2, 0.25) is 0 Å². The van der Waals surface area contributed by atoms with Crippen LogP contribution in [0.2, 0.25) is 0 Å². The average molecular weight is 323 g/mol. The van der Waals surface area contributed by atoms with E-state index in [1.165, 1.54) is 0 Å². The molecule has 1 aliphatic heterocycles. The summed E-state index contributed by atoms with van der Waals surface area (Å²) in [6.45, 7) is 2.02. The summed E-state index contributed by atoms with van der Waals surface area (Å²) in [5.74, 6) is 0.448. The van der Waals surface area contributed by atoms with Crippen molar-refractivity contribution in [1.82, 2.24) is 4.90 Å². The molecule has 0 unspecified atom stereocenters. The van der Waals surface area contributed by atoms with Gasteiger partial charge in [0.1, 0.15) is 0 Å². The number of esters is 1. The molecule has 0 spiro atoms. The molecule has 1 amide bonds. The molecule has 0 aromatic carbocycles. The van der Waals surface area contributed by atoms with Crippen molar-refractivity contribution in [2.75, 3.05) is 32.9 Å². The van der Waals surface area contributed by atoms with Crippen LogP contribution in [-0.4, -0.2) is 60.4 Å². The van der Waals surface area contributed by atoms with Crippen molar-refractivity contribution in [3.8, 4) is 0 Å². The molecule has 0 aromatic heterocycles. The van der Waals surface area contributed by atoms with E-state index in [1.807, 2.05) is 0 Å². The first kappa shape index (κ1) is 15.4. The van der Waals surface area contributed by atoms with Gasteiger partial charge < -0.3 is 19.5 Å². The van der Waals surface area contributed by atoms with E-state index in [1.54, 1.807) is 4.90 Å². The van der Waals surface area contributed by atoms with Gasteiger partial charge in [-0.15, -0.1) is 0 Å². The number of amides is 1. The predicted molar refractivity (Wildman–Crippen MR) is 80.4 cm³/mol. The smallest absolute Gasteiger partial charge is 0.312 e. The molecule has 4 bridgehead atoms. The molecule has 4 aliphatic carbocycles. The third-order valence-corrected chi connectivity index (χ3v) is 6.15. The van der Waals surface area contributed by atoms with Gasteiger partial charge in [-0.2, -0.15) is 0 Å². The van der Waals surface area contributed by atoms with Crippen LogP contribution in [0, 0.1) is 17.3 Å². The summed E-state index contributed by atoms with van der Waals surface area (Å²) in [6.07, 6.45) is 4.92. The summed E-state index contributed by atoms with van der Waals surface area (Å²) in [7, 11) is 0. The molecule has 0 radical (unpaired) electrons. The first-order chi connectivity index (χ1) is 11.0. The van der Waals surface area contributed by atoms with Gasteiger partial charge in [0, 0.05) is 13.1 Å². The summed E-state index contributed by atoms with van der Waals surface area (Å²) >= 11 is 0. The van der Waals surface area contributed by atoms with Crippen molar-refractivity contribution in [3.63, 3.8) is 0 Å². The lowest BCUT2D eigenvalue weighted by Gasteiger charge is -2.58. The van der Waals surface area contributed by atoms with E-state index in [4.69, 9.17) is 9.47 Å². The second-order valence-corrected chi connectivity index (χ2v) is 8.03. The molecule has 6 nitrogen and oxygen atoms in total. The fourth-order valence-electron chi connectivity index (χ4n) is 5.64. The Morgan fingerprint density at radius 2 is 1.78 bits per heavy atom. The Balaban J connectivity index is 1.38. The van der Waals surface area contributed by atoms with Crippen LogP contribution in [0.5, 0.6) is 0 Å². The number of aliphatic hydroxyl groups is 1. The summed E-state index contributed by atoms with van der Waals surface area (Å²) in [5, 5.41) is 10.7. The molecule has 5 fully saturated rings. The van der Waals surface area contributed by atoms with E-state index in [-0.39, 0.29) is 18.5 Å². The zero-order chi connectivity index (χ0) is 16.1. The Bertz CT molecular complexity index is 499. The van der Waals surface area contributed by atoms with Crippen molar-refractivity contribution in [3.05, 3.63) is 0 Å². The van der Waals surface area contributed by atoms with Gasteiger partial charge in [0.05, 0.1) is 24.2 Å². The van der Waals surface area contributed by atoms with Gasteiger partial charge in [-0.3, -0.25) is 9.59 Å². The zero-order valence-corrected chi connectivity index (χ0v) is 13.5. The maximum Gasteiger partial charge on any atom is 0.312 e. The molecular formula is C17H25NO5. The first-order valence-corrected chi connectivity index (χ1v) is 8.73. The molecule has 1 N–H and O–H groups in total. The predicted octanol–water partition coefficient (Wildman–Crippen LogP) is 0.720. The van der Waals surface area contributed by atoms with Crippen LogP contribution in [-0.2, 0) is 19.1 Å². The first-order valence-electron chi connectivity index (χ1n) is 8.73. The third kappa shape index (κ3) is 2.76. The van der Waals surface area contributed by atoms with Gasteiger partial charge in [0.25, 0.3) is 5.91 Å². The largest absolute Gasteiger partial charge is 0.455 e. The van der Waals surface area contributed by atoms with E-state index < -0.39 is 11.0 Å². The minimum Gasteiger partial charge on any atom is -0.455 e. The van der Waals surface area contributed by atoms with Crippen LogP contribution in [0.15, 0.2) is 0 Å². The Morgan fingerprint density at radius 1 is 1.13 bits per heavy atom. The summed E-state index contributed by atoms with van der Waals surface area (Å²) < 4.78 is 10.6. The van der Waals surface area contributed by atoms with Crippen LogP contribution in [0.4, 0.5) is 0 Å². The normalized spacial score (nSPS) is 41.9. The lowest BCUT2D eigenvalue weighted by atomic mass is 9.48. The molecular weight excluding hydrogens is 298 g/mol. The van der Waals surface area contributed by atoms with E-state index in [9.17, 15) is 14.7 Å². The number of carbonyl (C=O) groups excluding carboxylic acids is 2. The lowest BCUT2D eigenvalue weighted by Crippen LogP contribution is -2.58. The molecule has 1 heterocycles. The third-order valence-electron chi connectivity index (χ3n) is 6.15. The van der Waals surface area contributed by atoms with Crippen LogP contribution in [0.25, 0.3) is 0 Å². The highest BCUT2D eigenvalue weighted by Crippen LogP contribution is 2.61. The molecule has 6 heteroatoms. The zero-order valence-electron chi connectivity index (χ0n) is 13.5. The van der Waals surface area contributed by atoms with E-state index in [0.29, 0.717) is 44.6 Å². The number of hydrogen-bond donors (Lipinski definition) is 1. The molecule has 0 aromatic rings. The topological polar surface area (TPSA) is 76.1 Å². The van der Waals surface area contributed by atoms with E-state index in [0.717, 1.165) is 32.1 Å². The summed E-state index contributed by atoms with van der Waals surface area (Å²) in [4.78, 5) is 26.5. The van der Waals surface area contributed by atoms with Crippen molar-refractivity contribution in [1.29, 1.82) is 0 Å². The Kier molecular flexibility index (Phi) is 3.65. The number of ether oxygens (including phenoxy) is 2. The van der Waals surface area contributed by atoms with Crippen molar-refractivity contribution < 1.29 is 24.2 Å². The summed E-state index contributed by atoms with van der Waals surface area (Å²) in [5.41, 5.74) is -1.23. The number of morpholine rings is 1. The number of carbonyl (C=O) groups is 2. The average Bonchev–Trinajstić information content (AvgIpc) is 2.50. The molecule has 2 atom stereocenters. The lowest BCUT2D eigenvalue weighted by molar-refractivity contribution is -0.197. The minimum absolute atomic E-state index is 0.148. The number of nitrogens with zero attached hydrogens (tertiary/aromatic N) is 1. The quantitative estimate of drug-likeness (QED) is 0.775. The van der Waals surface area contributed by atoms with Crippen LogP contribution in [0.3, 0.4) is 0 Å². The molecule has 4 saturated carbocycles. The van der Waals surface area contributed by atoms with Crippen LogP contribution >= 0.6 is 0 Å². The molecule has 1 saturated heterocycles. The van der Waals surface area contributed by atoms with Gasteiger partial charge in [-0.25, -0.2) is 0 Å². The maximum absolute atomic E-state index is 12.7. The van der Waals surface area contributed by atoms with Crippen LogP contribution in [0.1, 0.15) is 38.5 Å². The SMILES string of the molecule is O=C(COC(=O)C12C[C@@H]3C[C@H](CC(O)(C3)C1)C2)N1CCOCC1. The van der Waals surface area contributed by atoms with Crippen molar-refractivity contribution in [2.24, 2.45) is 17.3 Å². The van der Waals surface area contributed by atoms with E-state index in [2.05, 4.69) is 0 Å². The summed E-state index contributed by atoms with van der Waals surface area (Å²) in [6, 6.07) is 0. The molecule has 128 valence electrons. The Hall–Kier alpha value is -1.14. The second-order valence-electron chi connectivity index (χ2n) is 8.03. The fraction of sp³-hybridized carbons (Fsp3) is 0.882. The number of hydrogen-bond acceptors (Lipinski definition) is 5. The highest BCUT2D eigenvalue weighted by molar-refractivity contribution is 5.83. The monoisotopic (exact) mass is 323 g/mol. The van der Waals surface area contributed by atoms with Gasteiger partial charge in [0.15, 0.2) is 6.61 Å². The number of rotatable bonds is 3. The highest BCUT2D eigenvalue weighted by Gasteiger charge is 2.60. The molecule has 5 rings (SSSR count). The standard InChI is InChI=1S/C17H25NO5/c19-14(18-1-3-22-4-2-18)10-23-15(20)16-6-12-5-13(7-16)9-17(21,8-12)11-16/h12-13,21H,1-11H2/t12-,13-,16?,17?/m0/s1. The molecule has 23 heavy (non-hydrogen) atoms. The highest BCUT2D eigenvalue weighted by atomic mass is 16.5. The van der Waals surface area contributed by atoms with Crippen molar-refractivity contribution in [2.45, 2.75) is 44.1 Å². The Morgan fingerprint density at radius 3 is 2.39 bits per heavy atom. The molecule has 5 aliphatic rings. The van der Waals surface area contributed by atoms with Crippen LogP contribution < -0.4 is 0 Å². The minimum atomic E-state index is -0.683. The van der Waals surface area contributed by atoms with E-state index >= 15 is 0 Å².